The molecule has 4 aliphatic heterocycles. The average molecular weight is 1200 g/mol. The Labute approximate surface area is 493 Å². The molecule has 0 aromatic carbocycles. The lowest BCUT2D eigenvalue weighted by atomic mass is 9.90. The number of aliphatic hydroxyl groups is 10. The lowest BCUT2D eigenvalue weighted by Gasteiger charge is -2.41. The first-order valence-corrected chi connectivity index (χ1v) is 31.9. The zero-order valence-electron chi connectivity index (χ0n) is 49.3. The van der Waals surface area contributed by atoms with E-state index in [0.717, 1.165) is 62.5 Å². The molecule has 0 spiro atoms. The number of aliphatic hydroxyl groups excluding tert-OH is 10. The van der Waals surface area contributed by atoms with Crippen LogP contribution in [0.4, 0.5) is 0 Å². The summed E-state index contributed by atoms with van der Waals surface area (Å²) in [6.07, 6.45) is 12.1. The van der Waals surface area contributed by atoms with Crippen LogP contribution in [-0.4, -0.2) is 193 Å². The minimum absolute atomic E-state index is 0.0223. The summed E-state index contributed by atoms with van der Waals surface area (Å²) in [5, 5.41) is 105. The predicted octanol–water partition coefficient (Wildman–Crippen LogP) is 6.16. The maximum atomic E-state index is 13.1. The molecule has 20 atom stereocenters. The molecule has 0 aliphatic carbocycles. The normalized spacial score (nSPS) is 30.9. The van der Waals surface area contributed by atoms with Crippen molar-refractivity contribution in [3.05, 3.63) is 73.4 Å². The van der Waals surface area contributed by atoms with E-state index < -0.39 is 115 Å². The van der Waals surface area contributed by atoms with Crippen LogP contribution in [0.25, 0.3) is 0 Å². The summed E-state index contributed by atoms with van der Waals surface area (Å²) in [5.41, 5.74) is 2.13. The molecule has 0 aromatic rings. The SMILES string of the molecule is C=CCC(=C)CC1CC(O)C(CC=CCC(=C)C=CCCC=CCCCCCCCC(C)CCC2OC2CCCC(CC(O)CC(=O)CC(O)CCC(O)C2CC(O)C(OS(=O)(=O)O)C(CC(C)O)O2)OC2OC(CO)C(O)C(O)C2O)O1. The van der Waals surface area contributed by atoms with Gasteiger partial charge in [0.2, 0.25) is 0 Å². The predicted molar refractivity (Wildman–Crippen MR) is 313 cm³/mol. The van der Waals surface area contributed by atoms with Gasteiger partial charge in [0.15, 0.2) is 6.29 Å². The van der Waals surface area contributed by atoms with Crippen molar-refractivity contribution in [2.45, 2.75) is 297 Å². The van der Waals surface area contributed by atoms with Gasteiger partial charge in [0.1, 0.15) is 36.3 Å². The van der Waals surface area contributed by atoms with E-state index in [1.165, 1.54) is 45.4 Å². The molecule has 4 saturated heterocycles. The fourth-order valence-corrected chi connectivity index (χ4v) is 11.9. The van der Waals surface area contributed by atoms with Crippen LogP contribution >= 0.6 is 0 Å². The number of rotatable bonds is 44. The Bertz CT molecular complexity index is 2080. The Kier molecular flexibility index (Phi) is 33.9. The highest BCUT2D eigenvalue weighted by Crippen LogP contribution is 2.35. The standard InChI is InChI=1S/C62H104O20S/c1-6-21-42(4)32-48-37-50(69)52(77-48)26-19-18-24-40(2)22-16-14-12-10-8-7-9-11-13-15-17-23-41(3)28-31-54-53(79-54)27-20-25-47(78-62-60(73)59(72)58(71)57(39-63)81-62)36-46(67)35-45(66)34-44(65)29-30-49(68)55-38-51(70)61(82-83(74,75)76)56(80-55)33-43(5)64/h6,8,10,16,18-19,22,41,43-44,46-65,67-73H,1-2,4,7,9,11-15,17,20-21,23-39H2,3,5H3,(H,74,75,76). The highest BCUT2D eigenvalue weighted by atomic mass is 32.3. The van der Waals surface area contributed by atoms with Crippen molar-refractivity contribution in [1.82, 2.24) is 0 Å². The zero-order chi connectivity index (χ0) is 61.1. The van der Waals surface area contributed by atoms with Crippen molar-refractivity contribution >= 4 is 16.2 Å². The van der Waals surface area contributed by atoms with Gasteiger partial charge in [0.25, 0.3) is 0 Å². The second-order valence-electron chi connectivity index (χ2n) is 23.9. The molecule has 20 nitrogen and oxygen atoms in total. The molecule has 20 unspecified atom stereocenters. The third-order valence-corrected chi connectivity index (χ3v) is 16.6. The van der Waals surface area contributed by atoms with Crippen LogP contribution < -0.4 is 0 Å². The first kappa shape index (κ1) is 72.9. The lowest BCUT2D eigenvalue weighted by Crippen LogP contribution is -2.59. The third kappa shape index (κ3) is 28.8. The molecule has 21 heteroatoms. The Morgan fingerprint density at radius 2 is 1.37 bits per heavy atom. The van der Waals surface area contributed by atoms with E-state index in [0.29, 0.717) is 38.0 Å². The summed E-state index contributed by atoms with van der Waals surface area (Å²) in [4.78, 5) is 13.1. The van der Waals surface area contributed by atoms with Crippen molar-refractivity contribution in [2.24, 2.45) is 5.92 Å². The van der Waals surface area contributed by atoms with Gasteiger partial charge in [-0.15, -0.1) is 6.58 Å². The smallest absolute Gasteiger partial charge is 0.394 e. The molecule has 0 radical (unpaired) electrons. The van der Waals surface area contributed by atoms with E-state index in [1.54, 1.807) is 0 Å². The Morgan fingerprint density at radius 1 is 0.675 bits per heavy atom. The Morgan fingerprint density at radius 3 is 2.10 bits per heavy atom. The number of ether oxygens (including phenoxy) is 5. The summed E-state index contributed by atoms with van der Waals surface area (Å²) in [7, 11) is -4.98. The van der Waals surface area contributed by atoms with Gasteiger partial charge in [-0.25, -0.2) is 4.18 Å². The van der Waals surface area contributed by atoms with Gasteiger partial charge >= 0.3 is 10.4 Å². The number of hydrogen-bond donors (Lipinski definition) is 11. The minimum atomic E-state index is -4.98. The number of epoxide rings is 1. The van der Waals surface area contributed by atoms with Crippen LogP contribution in [0.5, 0.6) is 0 Å². The summed E-state index contributed by atoms with van der Waals surface area (Å²) in [6, 6.07) is 0. The van der Waals surface area contributed by atoms with Crippen LogP contribution in [0.1, 0.15) is 181 Å². The van der Waals surface area contributed by atoms with E-state index in [4.69, 9.17) is 28.2 Å². The second-order valence-corrected chi connectivity index (χ2v) is 25.0. The maximum Gasteiger partial charge on any atom is 0.397 e. The molecule has 4 rings (SSSR count). The Balaban J connectivity index is 1.07. The summed E-state index contributed by atoms with van der Waals surface area (Å²) < 4.78 is 66.0. The largest absolute Gasteiger partial charge is 0.397 e. The highest BCUT2D eigenvalue weighted by molar-refractivity contribution is 7.80. The molecular weight excluding hydrogens is 1100 g/mol. The van der Waals surface area contributed by atoms with Crippen molar-refractivity contribution in [1.29, 1.82) is 0 Å². The average Bonchev–Trinajstić information content (AvgIpc) is 4.31. The minimum Gasteiger partial charge on any atom is -0.394 e. The summed E-state index contributed by atoms with van der Waals surface area (Å²) >= 11 is 0. The van der Waals surface area contributed by atoms with E-state index in [2.05, 4.69) is 67.3 Å². The quantitative estimate of drug-likeness (QED) is 0.0107. The van der Waals surface area contributed by atoms with Crippen LogP contribution in [0.15, 0.2) is 73.4 Å². The van der Waals surface area contributed by atoms with Gasteiger partial charge in [-0.3, -0.25) is 9.35 Å². The number of allylic oxidation sites excluding steroid dienone is 7. The molecule has 4 fully saturated rings. The van der Waals surface area contributed by atoms with Gasteiger partial charge in [-0.2, -0.15) is 8.42 Å². The second kappa shape index (κ2) is 38.6. The number of carbonyl (C=O) groups excluding carboxylic acids is 1. The fourth-order valence-electron chi connectivity index (χ4n) is 11.4. The van der Waals surface area contributed by atoms with Gasteiger partial charge in [-0.1, -0.05) is 106 Å². The van der Waals surface area contributed by atoms with Gasteiger partial charge in [0.05, 0.1) is 86.0 Å². The lowest BCUT2D eigenvalue weighted by molar-refractivity contribution is -0.313. The molecule has 0 bridgehead atoms. The first-order chi connectivity index (χ1) is 39.5. The maximum absolute atomic E-state index is 13.1. The number of Topliss-reactive ketones (excluding diaryl/α,β-unsaturated/α-hetero) is 1. The van der Waals surface area contributed by atoms with Crippen LogP contribution in [0.2, 0.25) is 0 Å². The fraction of sp³-hybridized carbons (Fsp3) is 0.790. The molecule has 4 aliphatic rings. The molecule has 83 heavy (non-hydrogen) atoms. The van der Waals surface area contributed by atoms with Gasteiger partial charge in [-0.05, 0) is 109 Å². The molecule has 0 aromatic heterocycles. The van der Waals surface area contributed by atoms with Crippen molar-refractivity contribution in [3.63, 3.8) is 0 Å². The monoisotopic (exact) mass is 1200 g/mol. The summed E-state index contributed by atoms with van der Waals surface area (Å²) in [5.74, 6) is 0.0840. The van der Waals surface area contributed by atoms with Crippen LogP contribution in [0.3, 0.4) is 0 Å². The highest BCUT2D eigenvalue weighted by Gasteiger charge is 2.46. The first-order valence-electron chi connectivity index (χ1n) is 30.6. The van der Waals surface area contributed by atoms with Crippen molar-refractivity contribution in [2.75, 3.05) is 6.61 Å². The van der Waals surface area contributed by atoms with E-state index >= 15 is 0 Å². The van der Waals surface area contributed by atoms with Crippen molar-refractivity contribution < 1.29 is 96.7 Å². The van der Waals surface area contributed by atoms with Gasteiger partial charge < -0.3 is 74.7 Å². The molecule has 11 N–H and O–H groups in total. The summed E-state index contributed by atoms with van der Waals surface area (Å²) in [6.45, 7) is 15.0. The number of hydrogen-bond acceptors (Lipinski definition) is 19. The number of carbonyl (C=O) groups is 1. The van der Waals surface area contributed by atoms with Gasteiger partial charge in [0, 0.05) is 38.5 Å². The van der Waals surface area contributed by atoms with E-state index in [-0.39, 0.29) is 69.4 Å². The molecule has 478 valence electrons. The molecule has 4 heterocycles. The Hall–Kier alpha value is -2.62. The van der Waals surface area contributed by atoms with E-state index in [1.807, 2.05) is 6.08 Å². The van der Waals surface area contributed by atoms with Crippen LogP contribution in [0, 0.1) is 5.92 Å². The number of unbranched alkanes of at least 4 members (excludes halogenated alkanes) is 6. The zero-order valence-corrected chi connectivity index (χ0v) is 50.1. The van der Waals surface area contributed by atoms with E-state index in [9.17, 15) is 64.3 Å². The molecule has 0 saturated carbocycles. The molecule has 0 amide bonds. The topological polar surface area (TPSA) is 332 Å². The van der Waals surface area contributed by atoms with Crippen LogP contribution in [-0.2, 0) is 43.1 Å². The third-order valence-electron chi connectivity index (χ3n) is 16.1. The molecular formula is C62H104O20S. The number of ketones is 1. The van der Waals surface area contributed by atoms with Crippen molar-refractivity contribution in [3.8, 4) is 0 Å².